The van der Waals surface area contributed by atoms with Crippen molar-refractivity contribution in [1.29, 1.82) is 0 Å². The average Bonchev–Trinajstić information content (AvgIpc) is 2.68. The lowest BCUT2D eigenvalue weighted by Crippen LogP contribution is -2.40. The van der Waals surface area contributed by atoms with Crippen molar-refractivity contribution in [3.8, 4) is 0 Å². The summed E-state index contributed by atoms with van der Waals surface area (Å²) in [6.07, 6.45) is 0. The summed E-state index contributed by atoms with van der Waals surface area (Å²) in [7, 11) is 0. The lowest BCUT2D eigenvalue weighted by atomic mass is 10.0. The van der Waals surface area contributed by atoms with Crippen LogP contribution < -0.4 is 16.0 Å². The van der Waals surface area contributed by atoms with Crippen molar-refractivity contribution in [2.75, 3.05) is 31.6 Å². The summed E-state index contributed by atoms with van der Waals surface area (Å²) in [4.78, 5) is 16.3. The van der Waals surface area contributed by atoms with Crippen molar-refractivity contribution in [3.63, 3.8) is 0 Å². The number of amides is 1. The SMILES string of the molecule is CCNC(=NCC(=O)Nc1ccccc1)NCC(CO)c1ccccc1. The molecule has 138 valence electrons. The second kappa shape index (κ2) is 10.9. The number of rotatable bonds is 8. The van der Waals surface area contributed by atoms with Crippen LogP contribution in [0.5, 0.6) is 0 Å². The Morgan fingerprint density at radius 1 is 1.04 bits per heavy atom. The number of carbonyl (C=O) groups excluding carboxylic acids is 1. The molecule has 0 fully saturated rings. The first-order valence-electron chi connectivity index (χ1n) is 8.75. The summed E-state index contributed by atoms with van der Waals surface area (Å²) in [6, 6.07) is 19.1. The monoisotopic (exact) mass is 354 g/mol. The first kappa shape index (κ1) is 19.5. The molecule has 1 atom stereocenters. The molecule has 0 heterocycles. The van der Waals surface area contributed by atoms with Crippen molar-refractivity contribution in [1.82, 2.24) is 10.6 Å². The van der Waals surface area contributed by atoms with Crippen LogP contribution in [0.1, 0.15) is 18.4 Å². The van der Waals surface area contributed by atoms with E-state index in [1.54, 1.807) is 0 Å². The molecule has 0 aromatic heterocycles. The number of nitrogens with zero attached hydrogens (tertiary/aromatic N) is 1. The second-order valence-electron chi connectivity index (χ2n) is 5.78. The molecule has 0 aliphatic carbocycles. The number of benzene rings is 2. The van der Waals surface area contributed by atoms with Gasteiger partial charge in [0.1, 0.15) is 6.54 Å². The van der Waals surface area contributed by atoms with Crippen LogP contribution in [0.25, 0.3) is 0 Å². The minimum absolute atomic E-state index is 0.0133. The van der Waals surface area contributed by atoms with Crippen molar-refractivity contribution in [2.45, 2.75) is 12.8 Å². The topological polar surface area (TPSA) is 85.8 Å². The molecule has 1 amide bonds. The molecular weight excluding hydrogens is 328 g/mol. The van der Waals surface area contributed by atoms with Crippen LogP contribution in [0.2, 0.25) is 0 Å². The molecule has 2 aromatic rings. The third-order valence-corrected chi connectivity index (χ3v) is 3.79. The third kappa shape index (κ3) is 6.57. The van der Waals surface area contributed by atoms with E-state index in [4.69, 9.17) is 0 Å². The number of nitrogens with one attached hydrogen (secondary N) is 3. The molecule has 0 radical (unpaired) electrons. The highest BCUT2D eigenvalue weighted by molar-refractivity contribution is 5.94. The van der Waals surface area contributed by atoms with Gasteiger partial charge < -0.3 is 21.1 Å². The van der Waals surface area contributed by atoms with E-state index < -0.39 is 0 Å². The number of aliphatic hydroxyl groups is 1. The van der Waals surface area contributed by atoms with Gasteiger partial charge in [0.05, 0.1) is 6.61 Å². The lowest BCUT2D eigenvalue weighted by molar-refractivity contribution is -0.114. The molecule has 4 N–H and O–H groups in total. The van der Waals surface area contributed by atoms with Crippen LogP contribution in [0.3, 0.4) is 0 Å². The van der Waals surface area contributed by atoms with Gasteiger partial charge in [-0.1, -0.05) is 48.5 Å². The number of carbonyl (C=O) groups is 1. The van der Waals surface area contributed by atoms with Gasteiger partial charge in [0.25, 0.3) is 0 Å². The van der Waals surface area contributed by atoms with Gasteiger partial charge in [-0.2, -0.15) is 0 Å². The first-order valence-corrected chi connectivity index (χ1v) is 8.75. The summed E-state index contributed by atoms with van der Waals surface area (Å²) in [6.45, 7) is 3.21. The number of anilines is 1. The number of guanidine groups is 1. The van der Waals surface area contributed by atoms with Gasteiger partial charge in [-0.05, 0) is 24.6 Å². The fraction of sp³-hybridized carbons (Fsp3) is 0.300. The van der Waals surface area contributed by atoms with E-state index in [1.807, 2.05) is 67.6 Å². The van der Waals surface area contributed by atoms with Crippen LogP contribution in [0.15, 0.2) is 65.7 Å². The van der Waals surface area contributed by atoms with Gasteiger partial charge in [-0.15, -0.1) is 0 Å². The highest BCUT2D eigenvalue weighted by atomic mass is 16.3. The van der Waals surface area contributed by atoms with E-state index in [0.717, 1.165) is 11.3 Å². The van der Waals surface area contributed by atoms with Gasteiger partial charge in [-0.3, -0.25) is 4.79 Å². The highest BCUT2D eigenvalue weighted by Gasteiger charge is 2.11. The number of aliphatic imine (C=N–C) groups is 1. The molecule has 0 aliphatic rings. The fourth-order valence-electron chi connectivity index (χ4n) is 2.45. The van der Waals surface area contributed by atoms with E-state index in [-0.39, 0.29) is 25.0 Å². The molecule has 6 heteroatoms. The van der Waals surface area contributed by atoms with Gasteiger partial charge in [0.15, 0.2) is 5.96 Å². The zero-order chi connectivity index (χ0) is 18.6. The van der Waals surface area contributed by atoms with Crippen LogP contribution in [0, 0.1) is 0 Å². The molecule has 0 saturated heterocycles. The standard InChI is InChI=1S/C20H26N4O2/c1-2-21-20(22-13-17(15-25)16-9-5-3-6-10-16)23-14-19(26)24-18-11-7-4-8-12-18/h3-12,17,25H,2,13-15H2,1H3,(H,24,26)(H2,21,22,23). The summed E-state index contributed by atoms with van der Waals surface area (Å²) in [5.74, 6) is 0.318. The van der Waals surface area contributed by atoms with Gasteiger partial charge in [0.2, 0.25) is 5.91 Å². The molecule has 6 nitrogen and oxygen atoms in total. The summed E-state index contributed by atoms with van der Waals surface area (Å²) in [5, 5.41) is 18.7. The Labute approximate surface area is 154 Å². The Balaban J connectivity index is 1.90. The highest BCUT2D eigenvalue weighted by Crippen LogP contribution is 2.13. The van der Waals surface area contributed by atoms with Crippen LogP contribution in [0.4, 0.5) is 5.69 Å². The summed E-state index contributed by atoms with van der Waals surface area (Å²) >= 11 is 0. The number of aliphatic hydroxyl groups excluding tert-OH is 1. The largest absolute Gasteiger partial charge is 0.396 e. The Kier molecular flexibility index (Phi) is 8.15. The molecule has 26 heavy (non-hydrogen) atoms. The molecule has 2 aromatic carbocycles. The molecule has 0 spiro atoms. The van der Waals surface area contributed by atoms with Gasteiger partial charge in [-0.25, -0.2) is 4.99 Å². The molecule has 2 rings (SSSR count). The quantitative estimate of drug-likeness (QED) is 0.431. The average molecular weight is 354 g/mol. The molecule has 0 aliphatic heterocycles. The minimum atomic E-state index is -0.185. The van der Waals surface area contributed by atoms with E-state index >= 15 is 0 Å². The van der Waals surface area contributed by atoms with E-state index in [2.05, 4.69) is 20.9 Å². The predicted molar refractivity (Wildman–Crippen MR) is 105 cm³/mol. The van der Waals surface area contributed by atoms with Gasteiger partial charge >= 0.3 is 0 Å². The van der Waals surface area contributed by atoms with Gasteiger partial charge in [0, 0.05) is 24.7 Å². The predicted octanol–water partition coefficient (Wildman–Crippen LogP) is 1.96. The second-order valence-corrected chi connectivity index (χ2v) is 5.78. The Morgan fingerprint density at radius 3 is 2.31 bits per heavy atom. The Morgan fingerprint density at radius 2 is 1.69 bits per heavy atom. The third-order valence-electron chi connectivity index (χ3n) is 3.79. The van der Waals surface area contributed by atoms with Crippen molar-refractivity contribution >= 4 is 17.6 Å². The Hall–Kier alpha value is -2.86. The zero-order valence-electron chi connectivity index (χ0n) is 15.0. The maximum atomic E-state index is 12.0. The van der Waals surface area contributed by atoms with Crippen LogP contribution in [-0.2, 0) is 4.79 Å². The zero-order valence-corrected chi connectivity index (χ0v) is 15.0. The number of hydrogen-bond donors (Lipinski definition) is 4. The first-order chi connectivity index (χ1) is 12.7. The maximum absolute atomic E-state index is 12.0. The van der Waals surface area contributed by atoms with E-state index in [1.165, 1.54) is 0 Å². The smallest absolute Gasteiger partial charge is 0.246 e. The summed E-state index contributed by atoms with van der Waals surface area (Å²) in [5.41, 5.74) is 1.80. The molecule has 1 unspecified atom stereocenters. The van der Waals surface area contributed by atoms with Crippen molar-refractivity contribution < 1.29 is 9.90 Å². The molecule has 0 bridgehead atoms. The number of hydrogen-bond acceptors (Lipinski definition) is 3. The fourth-order valence-corrected chi connectivity index (χ4v) is 2.45. The summed E-state index contributed by atoms with van der Waals surface area (Å²) < 4.78 is 0. The van der Waals surface area contributed by atoms with Crippen molar-refractivity contribution in [3.05, 3.63) is 66.2 Å². The van der Waals surface area contributed by atoms with E-state index in [0.29, 0.717) is 19.0 Å². The molecular formula is C20H26N4O2. The minimum Gasteiger partial charge on any atom is -0.396 e. The number of para-hydroxylation sites is 1. The van der Waals surface area contributed by atoms with E-state index in [9.17, 15) is 9.90 Å². The molecule has 0 saturated carbocycles. The Bertz CT molecular complexity index is 689. The normalized spacial score (nSPS) is 12.3. The van der Waals surface area contributed by atoms with Crippen molar-refractivity contribution in [2.24, 2.45) is 4.99 Å². The lowest BCUT2D eigenvalue weighted by Gasteiger charge is -2.18. The van der Waals surface area contributed by atoms with Crippen LogP contribution in [-0.4, -0.2) is 43.2 Å². The maximum Gasteiger partial charge on any atom is 0.246 e. The van der Waals surface area contributed by atoms with Crippen LogP contribution >= 0.6 is 0 Å².